The van der Waals surface area contributed by atoms with Crippen LogP contribution in [0.1, 0.15) is 22.8 Å². The molecular formula is C15H15NO. The minimum absolute atomic E-state index is 0.0926. The quantitative estimate of drug-likeness (QED) is 0.816. The second-order valence-corrected chi connectivity index (χ2v) is 4.03. The number of nitrogens with two attached hydrogens (primary N) is 1. The molecule has 2 N–H and O–H groups in total. The average molecular weight is 225 g/mol. The number of ketones is 1. The summed E-state index contributed by atoms with van der Waals surface area (Å²) in [7, 11) is 0. The lowest BCUT2D eigenvalue weighted by molar-refractivity contribution is 0.101. The van der Waals surface area contributed by atoms with E-state index in [0.717, 1.165) is 22.3 Å². The highest BCUT2D eigenvalue weighted by Gasteiger charge is 2.01. The minimum atomic E-state index is 0.0926. The maximum Gasteiger partial charge on any atom is 0.159 e. The number of rotatable bonds is 3. The number of benzene rings is 2. The molecule has 0 heterocycles. The van der Waals surface area contributed by atoms with E-state index in [2.05, 4.69) is 0 Å². The molecule has 0 unspecified atom stereocenters. The van der Waals surface area contributed by atoms with Gasteiger partial charge >= 0.3 is 0 Å². The van der Waals surface area contributed by atoms with Crippen LogP contribution in [0, 0.1) is 0 Å². The third kappa shape index (κ3) is 2.60. The fourth-order valence-corrected chi connectivity index (χ4v) is 1.73. The molecule has 0 aliphatic heterocycles. The van der Waals surface area contributed by atoms with Crippen LogP contribution in [0.15, 0.2) is 48.5 Å². The first kappa shape index (κ1) is 11.6. The highest BCUT2D eigenvalue weighted by atomic mass is 16.1. The smallest absolute Gasteiger partial charge is 0.159 e. The molecule has 0 aliphatic carbocycles. The van der Waals surface area contributed by atoms with Crippen molar-refractivity contribution in [2.24, 2.45) is 5.73 Å². The van der Waals surface area contributed by atoms with Crippen molar-refractivity contribution in [2.45, 2.75) is 13.5 Å². The molecule has 0 fully saturated rings. The SMILES string of the molecule is CC(=O)c1ccc(-c2ccc(CN)cc2)cc1. The van der Waals surface area contributed by atoms with Crippen molar-refractivity contribution < 1.29 is 4.79 Å². The van der Waals surface area contributed by atoms with Crippen LogP contribution in [-0.2, 0) is 6.54 Å². The molecule has 0 aromatic heterocycles. The van der Waals surface area contributed by atoms with E-state index in [9.17, 15) is 4.79 Å². The van der Waals surface area contributed by atoms with Crippen molar-refractivity contribution in [1.29, 1.82) is 0 Å². The Kier molecular flexibility index (Phi) is 3.35. The lowest BCUT2D eigenvalue weighted by Crippen LogP contribution is -1.95. The van der Waals surface area contributed by atoms with Gasteiger partial charge in [0.25, 0.3) is 0 Å². The van der Waals surface area contributed by atoms with Crippen molar-refractivity contribution >= 4 is 5.78 Å². The third-order valence-corrected chi connectivity index (χ3v) is 2.81. The van der Waals surface area contributed by atoms with Crippen LogP contribution >= 0.6 is 0 Å². The van der Waals surface area contributed by atoms with Crippen LogP contribution in [0.5, 0.6) is 0 Å². The zero-order valence-corrected chi connectivity index (χ0v) is 9.81. The molecule has 86 valence electrons. The van der Waals surface area contributed by atoms with Gasteiger partial charge in [0.2, 0.25) is 0 Å². The van der Waals surface area contributed by atoms with Gasteiger partial charge < -0.3 is 5.73 Å². The molecule has 2 nitrogen and oxygen atoms in total. The number of carbonyl (C=O) groups is 1. The van der Waals surface area contributed by atoms with E-state index >= 15 is 0 Å². The van der Waals surface area contributed by atoms with Gasteiger partial charge in [-0.25, -0.2) is 0 Å². The molecule has 0 saturated heterocycles. The van der Waals surface area contributed by atoms with Crippen molar-refractivity contribution in [1.82, 2.24) is 0 Å². The van der Waals surface area contributed by atoms with Crippen molar-refractivity contribution in [2.75, 3.05) is 0 Å². The topological polar surface area (TPSA) is 43.1 Å². The summed E-state index contributed by atoms with van der Waals surface area (Å²) in [6.07, 6.45) is 0. The average Bonchev–Trinajstić information content (AvgIpc) is 2.39. The second kappa shape index (κ2) is 4.93. The number of hydrogen-bond acceptors (Lipinski definition) is 2. The van der Waals surface area contributed by atoms with Gasteiger partial charge in [0.15, 0.2) is 5.78 Å². The van der Waals surface area contributed by atoms with Gasteiger partial charge in [-0.3, -0.25) is 4.79 Å². The van der Waals surface area contributed by atoms with E-state index in [4.69, 9.17) is 5.73 Å². The van der Waals surface area contributed by atoms with Gasteiger partial charge in [0, 0.05) is 12.1 Å². The molecular weight excluding hydrogens is 210 g/mol. The molecule has 0 atom stereocenters. The Morgan fingerprint density at radius 2 is 1.41 bits per heavy atom. The zero-order chi connectivity index (χ0) is 12.3. The Bertz CT molecular complexity index is 512. The Morgan fingerprint density at radius 1 is 0.941 bits per heavy atom. The number of hydrogen-bond donors (Lipinski definition) is 1. The van der Waals surface area contributed by atoms with Crippen LogP contribution in [0.3, 0.4) is 0 Å². The van der Waals surface area contributed by atoms with Gasteiger partial charge in [0.05, 0.1) is 0 Å². The normalized spacial score (nSPS) is 10.2. The zero-order valence-electron chi connectivity index (χ0n) is 9.81. The van der Waals surface area contributed by atoms with Crippen LogP contribution in [-0.4, -0.2) is 5.78 Å². The summed E-state index contributed by atoms with van der Waals surface area (Å²) in [5.41, 5.74) is 9.66. The lowest BCUT2D eigenvalue weighted by Gasteiger charge is -2.04. The third-order valence-electron chi connectivity index (χ3n) is 2.81. The highest BCUT2D eigenvalue weighted by molar-refractivity contribution is 5.94. The van der Waals surface area contributed by atoms with Crippen LogP contribution in [0.2, 0.25) is 0 Å². The summed E-state index contributed by atoms with van der Waals surface area (Å²) < 4.78 is 0. The summed E-state index contributed by atoms with van der Waals surface area (Å²) in [6, 6.07) is 15.8. The summed E-state index contributed by atoms with van der Waals surface area (Å²) >= 11 is 0. The lowest BCUT2D eigenvalue weighted by atomic mass is 10.0. The Hall–Kier alpha value is -1.93. The van der Waals surface area contributed by atoms with Crippen LogP contribution < -0.4 is 5.73 Å². The molecule has 0 bridgehead atoms. The summed E-state index contributed by atoms with van der Waals surface area (Å²) in [5.74, 6) is 0.0926. The van der Waals surface area contributed by atoms with Gasteiger partial charge in [0.1, 0.15) is 0 Å². The molecule has 2 heteroatoms. The minimum Gasteiger partial charge on any atom is -0.326 e. The fraction of sp³-hybridized carbons (Fsp3) is 0.133. The van der Waals surface area contributed by atoms with E-state index in [1.165, 1.54) is 0 Å². The first-order valence-corrected chi connectivity index (χ1v) is 5.61. The summed E-state index contributed by atoms with van der Waals surface area (Å²) in [4.78, 5) is 11.2. The second-order valence-electron chi connectivity index (χ2n) is 4.03. The molecule has 0 saturated carbocycles. The van der Waals surface area contributed by atoms with E-state index in [0.29, 0.717) is 6.54 Å². The van der Waals surface area contributed by atoms with Gasteiger partial charge in [-0.05, 0) is 23.6 Å². The highest BCUT2D eigenvalue weighted by Crippen LogP contribution is 2.20. The van der Waals surface area contributed by atoms with E-state index in [1.54, 1.807) is 6.92 Å². The maximum absolute atomic E-state index is 11.2. The van der Waals surface area contributed by atoms with Gasteiger partial charge in [-0.15, -0.1) is 0 Å². The first-order valence-electron chi connectivity index (χ1n) is 5.61. The number of Topliss-reactive ketones (excluding diaryl/α,β-unsaturated/α-hetero) is 1. The Labute approximate surface area is 101 Å². The van der Waals surface area contributed by atoms with Crippen LogP contribution in [0.4, 0.5) is 0 Å². The standard InChI is InChI=1S/C15H15NO/c1-11(17)13-6-8-15(9-7-13)14-4-2-12(10-16)3-5-14/h2-9H,10,16H2,1H3. The van der Waals surface area contributed by atoms with Crippen molar-refractivity contribution in [3.05, 3.63) is 59.7 Å². The molecule has 2 aromatic carbocycles. The van der Waals surface area contributed by atoms with Gasteiger partial charge in [-0.1, -0.05) is 48.5 Å². The van der Waals surface area contributed by atoms with Gasteiger partial charge in [-0.2, -0.15) is 0 Å². The predicted octanol–water partition coefficient (Wildman–Crippen LogP) is 3.01. The molecule has 0 radical (unpaired) electrons. The monoisotopic (exact) mass is 225 g/mol. The Balaban J connectivity index is 2.29. The molecule has 2 aromatic rings. The Morgan fingerprint density at radius 3 is 1.82 bits per heavy atom. The largest absolute Gasteiger partial charge is 0.326 e. The van der Waals surface area contributed by atoms with E-state index in [1.807, 2.05) is 48.5 Å². The predicted molar refractivity (Wildman–Crippen MR) is 69.8 cm³/mol. The molecule has 0 amide bonds. The van der Waals surface area contributed by atoms with E-state index in [-0.39, 0.29) is 5.78 Å². The summed E-state index contributed by atoms with van der Waals surface area (Å²) in [6.45, 7) is 2.13. The molecule has 2 rings (SSSR count). The first-order chi connectivity index (χ1) is 8.20. The summed E-state index contributed by atoms with van der Waals surface area (Å²) in [5, 5.41) is 0. The molecule has 17 heavy (non-hydrogen) atoms. The molecule has 0 aliphatic rings. The maximum atomic E-state index is 11.2. The van der Waals surface area contributed by atoms with Crippen molar-refractivity contribution in [3.63, 3.8) is 0 Å². The van der Waals surface area contributed by atoms with Crippen molar-refractivity contribution in [3.8, 4) is 11.1 Å². The van der Waals surface area contributed by atoms with Crippen LogP contribution in [0.25, 0.3) is 11.1 Å². The van der Waals surface area contributed by atoms with E-state index < -0.39 is 0 Å². The fourth-order valence-electron chi connectivity index (χ4n) is 1.73. The molecule has 0 spiro atoms. The number of carbonyl (C=O) groups excluding carboxylic acids is 1.